The Morgan fingerprint density at radius 1 is 1.07 bits per heavy atom. The van der Waals surface area contributed by atoms with Crippen LogP contribution >= 0.6 is 11.6 Å². The SMILES string of the molecule is COc1cc(NC(=O)Cn2nnc(C(=O)Nc3ccccc3Cl)c2C)cc(OC)c1. The average molecular weight is 430 g/mol. The number of benzene rings is 2. The van der Waals surface area contributed by atoms with E-state index < -0.39 is 5.91 Å². The zero-order valence-electron chi connectivity index (χ0n) is 16.6. The molecule has 1 heterocycles. The van der Waals surface area contributed by atoms with Crippen molar-refractivity contribution in [2.45, 2.75) is 13.5 Å². The molecule has 0 bridgehead atoms. The van der Waals surface area contributed by atoms with Crippen LogP contribution in [0.25, 0.3) is 0 Å². The second-order valence-corrected chi connectivity index (χ2v) is 6.67. The highest BCUT2D eigenvalue weighted by molar-refractivity contribution is 6.33. The number of ether oxygens (including phenoxy) is 2. The van der Waals surface area contributed by atoms with Gasteiger partial charge in [-0.05, 0) is 19.1 Å². The molecule has 3 rings (SSSR count). The van der Waals surface area contributed by atoms with Crippen molar-refractivity contribution in [2.24, 2.45) is 0 Å². The fraction of sp³-hybridized carbons (Fsp3) is 0.200. The standard InChI is InChI=1S/C20H20ClN5O4/c1-12-19(20(28)23-17-7-5-4-6-16(17)21)24-25-26(12)11-18(27)22-13-8-14(29-2)10-15(9-13)30-3/h4-10H,11H2,1-3H3,(H,22,27)(H,23,28). The van der Waals surface area contributed by atoms with E-state index in [4.69, 9.17) is 21.1 Å². The molecule has 9 nitrogen and oxygen atoms in total. The molecule has 0 spiro atoms. The van der Waals surface area contributed by atoms with E-state index in [0.29, 0.717) is 33.6 Å². The molecule has 0 saturated carbocycles. The fourth-order valence-corrected chi connectivity index (χ4v) is 2.86. The zero-order chi connectivity index (χ0) is 21.7. The molecule has 2 N–H and O–H groups in total. The van der Waals surface area contributed by atoms with Crippen LogP contribution in [0.2, 0.25) is 5.02 Å². The Hall–Kier alpha value is -3.59. The second kappa shape index (κ2) is 9.27. The van der Waals surface area contributed by atoms with Crippen LogP contribution in [0.15, 0.2) is 42.5 Å². The van der Waals surface area contributed by atoms with E-state index in [0.717, 1.165) is 0 Å². The summed E-state index contributed by atoms with van der Waals surface area (Å²) in [6.07, 6.45) is 0. The van der Waals surface area contributed by atoms with Crippen LogP contribution in [-0.4, -0.2) is 41.0 Å². The molecule has 10 heteroatoms. The molecule has 0 saturated heterocycles. The topological polar surface area (TPSA) is 107 Å². The molecule has 0 fully saturated rings. The molecule has 0 aliphatic carbocycles. The fourth-order valence-electron chi connectivity index (χ4n) is 2.68. The molecule has 0 radical (unpaired) electrons. The normalized spacial score (nSPS) is 10.4. The molecule has 0 aliphatic heterocycles. The highest BCUT2D eigenvalue weighted by Crippen LogP contribution is 2.26. The van der Waals surface area contributed by atoms with Crippen molar-refractivity contribution >= 4 is 34.8 Å². The predicted molar refractivity (Wildman–Crippen MR) is 112 cm³/mol. The third-order valence-electron chi connectivity index (χ3n) is 4.25. The number of nitrogens with one attached hydrogen (secondary N) is 2. The van der Waals surface area contributed by atoms with Gasteiger partial charge in [0.25, 0.3) is 5.91 Å². The number of para-hydroxylation sites is 1. The van der Waals surface area contributed by atoms with E-state index in [-0.39, 0.29) is 18.1 Å². The van der Waals surface area contributed by atoms with Gasteiger partial charge < -0.3 is 20.1 Å². The number of amides is 2. The summed E-state index contributed by atoms with van der Waals surface area (Å²) in [7, 11) is 3.04. The molecule has 30 heavy (non-hydrogen) atoms. The van der Waals surface area contributed by atoms with Gasteiger partial charge >= 0.3 is 0 Å². The van der Waals surface area contributed by atoms with Crippen LogP contribution < -0.4 is 20.1 Å². The van der Waals surface area contributed by atoms with E-state index in [9.17, 15) is 9.59 Å². The smallest absolute Gasteiger partial charge is 0.278 e. The van der Waals surface area contributed by atoms with Gasteiger partial charge in [-0.2, -0.15) is 0 Å². The lowest BCUT2D eigenvalue weighted by molar-refractivity contribution is -0.117. The molecule has 156 valence electrons. The van der Waals surface area contributed by atoms with E-state index >= 15 is 0 Å². The van der Waals surface area contributed by atoms with Gasteiger partial charge in [-0.15, -0.1) is 5.10 Å². The van der Waals surface area contributed by atoms with Gasteiger partial charge in [0.1, 0.15) is 18.0 Å². The van der Waals surface area contributed by atoms with Crippen molar-refractivity contribution in [2.75, 3.05) is 24.9 Å². The first-order chi connectivity index (χ1) is 14.4. The van der Waals surface area contributed by atoms with E-state index in [1.807, 2.05) is 0 Å². The zero-order valence-corrected chi connectivity index (χ0v) is 17.4. The van der Waals surface area contributed by atoms with Gasteiger partial charge in [-0.1, -0.05) is 28.9 Å². The molecule has 1 aromatic heterocycles. The van der Waals surface area contributed by atoms with Crippen molar-refractivity contribution in [3.8, 4) is 11.5 Å². The maximum Gasteiger partial charge on any atom is 0.278 e. The number of rotatable bonds is 7. The Bertz CT molecular complexity index is 1060. The number of hydrogen-bond donors (Lipinski definition) is 2. The Morgan fingerprint density at radius 3 is 2.37 bits per heavy atom. The van der Waals surface area contributed by atoms with Gasteiger partial charge in [-0.25, -0.2) is 4.68 Å². The maximum atomic E-state index is 12.5. The number of carbonyl (C=O) groups is 2. The van der Waals surface area contributed by atoms with Crippen molar-refractivity contribution in [3.05, 3.63) is 58.9 Å². The van der Waals surface area contributed by atoms with Crippen LogP contribution in [0.4, 0.5) is 11.4 Å². The summed E-state index contributed by atoms with van der Waals surface area (Å²) in [5.74, 6) is 0.265. The van der Waals surface area contributed by atoms with Gasteiger partial charge in [0, 0.05) is 23.9 Å². The molecular weight excluding hydrogens is 410 g/mol. The van der Waals surface area contributed by atoms with Crippen LogP contribution in [-0.2, 0) is 11.3 Å². The van der Waals surface area contributed by atoms with Gasteiger partial charge in [-0.3, -0.25) is 9.59 Å². The quantitative estimate of drug-likeness (QED) is 0.597. The summed E-state index contributed by atoms with van der Waals surface area (Å²) in [4.78, 5) is 25.0. The van der Waals surface area contributed by atoms with Gasteiger partial charge in [0.05, 0.1) is 30.6 Å². The number of methoxy groups -OCH3 is 2. The molecule has 3 aromatic rings. The lowest BCUT2D eigenvalue weighted by Gasteiger charge is -2.10. The lowest BCUT2D eigenvalue weighted by atomic mass is 10.2. The molecule has 2 amide bonds. The minimum atomic E-state index is -0.468. The van der Waals surface area contributed by atoms with Gasteiger partial charge in [0.15, 0.2) is 5.69 Å². The summed E-state index contributed by atoms with van der Waals surface area (Å²) in [6.45, 7) is 1.53. The van der Waals surface area contributed by atoms with Crippen LogP contribution in [0.5, 0.6) is 11.5 Å². The van der Waals surface area contributed by atoms with Crippen LogP contribution in [0.1, 0.15) is 16.2 Å². The summed E-state index contributed by atoms with van der Waals surface area (Å²) in [5, 5.41) is 13.6. The number of anilines is 2. The van der Waals surface area contributed by atoms with Crippen LogP contribution in [0.3, 0.4) is 0 Å². The van der Waals surface area contributed by atoms with Gasteiger partial charge in [0.2, 0.25) is 5.91 Å². The van der Waals surface area contributed by atoms with E-state index in [1.54, 1.807) is 49.4 Å². The largest absolute Gasteiger partial charge is 0.497 e. The summed E-state index contributed by atoms with van der Waals surface area (Å²) >= 11 is 6.06. The van der Waals surface area contributed by atoms with Crippen molar-refractivity contribution in [1.29, 1.82) is 0 Å². The number of nitrogens with zero attached hydrogens (tertiary/aromatic N) is 3. The Labute approximate surface area is 177 Å². The molecule has 0 atom stereocenters. The first kappa shape index (κ1) is 21.1. The third-order valence-corrected chi connectivity index (χ3v) is 4.58. The summed E-state index contributed by atoms with van der Waals surface area (Å²) in [6, 6.07) is 11.9. The third kappa shape index (κ3) is 4.87. The Morgan fingerprint density at radius 2 is 1.73 bits per heavy atom. The van der Waals surface area contributed by atoms with E-state index in [2.05, 4.69) is 20.9 Å². The highest BCUT2D eigenvalue weighted by atomic mass is 35.5. The number of aromatic nitrogens is 3. The highest BCUT2D eigenvalue weighted by Gasteiger charge is 2.19. The molecule has 0 aliphatic rings. The van der Waals surface area contributed by atoms with Crippen molar-refractivity contribution < 1.29 is 19.1 Å². The summed E-state index contributed by atoms with van der Waals surface area (Å²) < 4.78 is 11.7. The van der Waals surface area contributed by atoms with Crippen molar-refractivity contribution in [1.82, 2.24) is 15.0 Å². The maximum absolute atomic E-state index is 12.5. The van der Waals surface area contributed by atoms with Crippen molar-refractivity contribution in [3.63, 3.8) is 0 Å². The first-order valence-electron chi connectivity index (χ1n) is 8.90. The summed E-state index contributed by atoms with van der Waals surface area (Å²) in [5.41, 5.74) is 1.51. The monoisotopic (exact) mass is 429 g/mol. The Kier molecular flexibility index (Phi) is 6.53. The average Bonchev–Trinajstić information content (AvgIpc) is 3.09. The van der Waals surface area contributed by atoms with Crippen LogP contribution in [0, 0.1) is 6.92 Å². The lowest BCUT2D eigenvalue weighted by Crippen LogP contribution is -2.21. The minimum Gasteiger partial charge on any atom is -0.497 e. The second-order valence-electron chi connectivity index (χ2n) is 6.26. The molecule has 2 aromatic carbocycles. The number of halogens is 1. The molecule has 0 unspecified atom stereocenters. The number of hydrogen-bond acceptors (Lipinski definition) is 6. The van der Waals surface area contributed by atoms with E-state index in [1.165, 1.54) is 18.9 Å². The Balaban J connectivity index is 1.69. The first-order valence-corrected chi connectivity index (χ1v) is 9.28. The minimum absolute atomic E-state index is 0.103. The number of carbonyl (C=O) groups excluding carboxylic acids is 2. The molecular formula is C20H20ClN5O4. The predicted octanol–water partition coefficient (Wildman–Crippen LogP) is 3.15.